The van der Waals surface area contributed by atoms with Crippen LogP contribution in [0.4, 0.5) is 5.69 Å². The molecule has 1 heterocycles. The summed E-state index contributed by atoms with van der Waals surface area (Å²) in [4.78, 5) is 15.0. The van der Waals surface area contributed by atoms with Gasteiger partial charge in [0.05, 0.1) is 33.0 Å². The molecule has 7 nitrogen and oxygen atoms in total. The van der Waals surface area contributed by atoms with Gasteiger partial charge in [0.15, 0.2) is 0 Å². The molecule has 0 unspecified atom stereocenters. The average Bonchev–Trinajstić information content (AvgIpc) is 2.86. The molecule has 1 fully saturated rings. The van der Waals surface area contributed by atoms with Gasteiger partial charge in [0.1, 0.15) is 11.6 Å². The third-order valence-electron chi connectivity index (χ3n) is 5.83. The van der Waals surface area contributed by atoms with E-state index in [2.05, 4.69) is 40.6 Å². The fourth-order valence-corrected chi connectivity index (χ4v) is 3.98. The van der Waals surface area contributed by atoms with E-state index in [-0.39, 0.29) is 18.8 Å². The second-order valence-corrected chi connectivity index (χ2v) is 8.11. The molecule has 1 saturated heterocycles. The smallest absolute Gasteiger partial charge is 0.262 e. The molecule has 0 saturated carbocycles. The molecule has 3 rings (SSSR count). The van der Waals surface area contributed by atoms with Crippen molar-refractivity contribution in [2.75, 3.05) is 57.6 Å². The van der Waals surface area contributed by atoms with Gasteiger partial charge in [-0.05, 0) is 66.3 Å². The van der Waals surface area contributed by atoms with Crippen molar-refractivity contribution in [2.45, 2.75) is 26.2 Å². The number of benzene rings is 2. The number of carbonyl (C=O) groups is 1. The maximum atomic E-state index is 12.5. The Bertz CT molecular complexity index is 1010. The van der Waals surface area contributed by atoms with Gasteiger partial charge in [-0.25, -0.2) is 0 Å². The number of aliphatic hydroxyl groups excluding tert-OH is 1. The normalized spacial score (nSPS) is 14.6. The molecule has 0 radical (unpaired) electrons. The molecular weight excluding hydrogens is 418 g/mol. The molecule has 0 bridgehead atoms. The summed E-state index contributed by atoms with van der Waals surface area (Å²) in [5.41, 5.74) is 2.86. The Morgan fingerprint density at radius 3 is 2.45 bits per heavy atom. The van der Waals surface area contributed by atoms with Crippen molar-refractivity contribution in [1.29, 1.82) is 5.26 Å². The molecule has 1 amide bonds. The monoisotopic (exact) mass is 451 g/mol. The van der Waals surface area contributed by atoms with Gasteiger partial charge in [-0.1, -0.05) is 18.2 Å². The van der Waals surface area contributed by atoms with E-state index >= 15 is 0 Å². The van der Waals surface area contributed by atoms with Gasteiger partial charge in [0.2, 0.25) is 0 Å². The minimum absolute atomic E-state index is 0.0183. The molecule has 0 atom stereocenters. The van der Waals surface area contributed by atoms with Crippen molar-refractivity contribution in [3.8, 4) is 6.07 Å². The summed E-state index contributed by atoms with van der Waals surface area (Å²) in [6.45, 7) is 5.67. The van der Waals surface area contributed by atoms with E-state index in [4.69, 9.17) is 14.6 Å². The molecular formula is C26H33N3O4. The van der Waals surface area contributed by atoms with Crippen LogP contribution in [0.15, 0.2) is 42.0 Å². The molecule has 2 aromatic rings. The number of carbonyl (C=O) groups excluding carboxylic acids is 1. The van der Waals surface area contributed by atoms with Crippen LogP contribution in [0.3, 0.4) is 0 Å². The predicted octanol–water partition coefficient (Wildman–Crippen LogP) is 3.27. The Labute approximate surface area is 195 Å². The number of nitrogens with one attached hydrogen (secondary N) is 1. The third-order valence-corrected chi connectivity index (χ3v) is 5.83. The van der Waals surface area contributed by atoms with Gasteiger partial charge in [-0.2, -0.15) is 5.26 Å². The first kappa shape index (κ1) is 24.7. The van der Waals surface area contributed by atoms with Crippen LogP contribution < -0.4 is 10.2 Å². The first-order valence-electron chi connectivity index (χ1n) is 11.6. The number of anilines is 1. The SMILES string of the molecule is C/C(=C(/C#N)C(=O)NCCOCCOCCO)c1ccc2cc(N3CCCCC3)ccc2c1. The lowest BCUT2D eigenvalue weighted by molar-refractivity contribution is -0.117. The number of aliphatic hydroxyl groups is 1. The van der Waals surface area contributed by atoms with E-state index in [1.165, 1.54) is 24.9 Å². The van der Waals surface area contributed by atoms with E-state index in [0.717, 1.165) is 29.4 Å². The first-order valence-corrected chi connectivity index (χ1v) is 11.6. The van der Waals surface area contributed by atoms with E-state index in [1.807, 2.05) is 12.1 Å². The number of nitrogens with zero attached hydrogens (tertiary/aromatic N) is 2. The van der Waals surface area contributed by atoms with Crippen LogP contribution in [0, 0.1) is 11.3 Å². The first-order chi connectivity index (χ1) is 16.1. The molecule has 7 heteroatoms. The van der Waals surface area contributed by atoms with Crippen molar-refractivity contribution in [2.24, 2.45) is 0 Å². The Kier molecular flexibility index (Phi) is 9.70. The Balaban J connectivity index is 1.62. The molecule has 2 aromatic carbocycles. The van der Waals surface area contributed by atoms with Crippen LogP contribution in [0.5, 0.6) is 0 Å². The maximum absolute atomic E-state index is 12.5. The lowest BCUT2D eigenvalue weighted by atomic mass is 9.98. The van der Waals surface area contributed by atoms with Gasteiger partial charge in [-0.15, -0.1) is 0 Å². The second-order valence-electron chi connectivity index (χ2n) is 8.11. The molecule has 176 valence electrons. The minimum Gasteiger partial charge on any atom is -0.394 e. The fraction of sp³-hybridized carbons (Fsp3) is 0.462. The summed E-state index contributed by atoms with van der Waals surface area (Å²) in [7, 11) is 0. The topological polar surface area (TPSA) is 94.8 Å². The third kappa shape index (κ3) is 7.03. The summed E-state index contributed by atoms with van der Waals surface area (Å²) >= 11 is 0. The number of piperidine rings is 1. The zero-order chi connectivity index (χ0) is 23.5. The van der Waals surface area contributed by atoms with E-state index in [1.54, 1.807) is 6.92 Å². The van der Waals surface area contributed by atoms with Gasteiger partial charge in [0, 0.05) is 25.3 Å². The summed E-state index contributed by atoms with van der Waals surface area (Å²) in [5, 5.41) is 23.2. The van der Waals surface area contributed by atoms with Crippen molar-refractivity contribution in [3.63, 3.8) is 0 Å². The van der Waals surface area contributed by atoms with Gasteiger partial charge in [-0.3, -0.25) is 4.79 Å². The molecule has 0 aromatic heterocycles. The summed E-state index contributed by atoms with van der Waals surface area (Å²) < 4.78 is 10.5. The van der Waals surface area contributed by atoms with E-state index < -0.39 is 5.91 Å². The number of nitriles is 1. The number of allylic oxidation sites excluding steroid dienone is 1. The number of hydrogen-bond acceptors (Lipinski definition) is 6. The number of hydrogen-bond donors (Lipinski definition) is 2. The standard InChI is InChI=1S/C26H33N3O4/c1-20(25(19-27)26(31)28-9-13-32-15-16-33-14-12-30)21-5-6-23-18-24(8-7-22(23)17-21)29-10-3-2-4-11-29/h5-8,17-18,30H,2-4,9-16H2,1H3,(H,28,31)/b25-20+. The second kappa shape index (κ2) is 12.9. The largest absolute Gasteiger partial charge is 0.394 e. The lowest BCUT2D eigenvalue weighted by Gasteiger charge is -2.29. The van der Waals surface area contributed by atoms with E-state index in [9.17, 15) is 10.1 Å². The molecule has 33 heavy (non-hydrogen) atoms. The van der Waals surface area contributed by atoms with E-state index in [0.29, 0.717) is 31.9 Å². The highest BCUT2D eigenvalue weighted by molar-refractivity contribution is 6.05. The number of amides is 1. The average molecular weight is 452 g/mol. The minimum atomic E-state index is -0.407. The van der Waals surface area contributed by atoms with Gasteiger partial charge < -0.3 is 24.8 Å². The maximum Gasteiger partial charge on any atom is 0.262 e. The Morgan fingerprint density at radius 2 is 1.73 bits per heavy atom. The summed E-state index contributed by atoms with van der Waals surface area (Å²) in [5.74, 6) is -0.407. The van der Waals surface area contributed by atoms with Gasteiger partial charge >= 0.3 is 0 Å². The lowest BCUT2D eigenvalue weighted by Crippen LogP contribution is -2.29. The predicted molar refractivity (Wildman–Crippen MR) is 130 cm³/mol. The fourth-order valence-electron chi connectivity index (χ4n) is 3.98. The summed E-state index contributed by atoms with van der Waals surface area (Å²) in [6.07, 6.45) is 3.79. The van der Waals surface area contributed by atoms with Crippen molar-refractivity contribution in [1.82, 2.24) is 5.32 Å². The molecule has 0 spiro atoms. The van der Waals surface area contributed by atoms with Crippen molar-refractivity contribution >= 4 is 27.9 Å². The van der Waals surface area contributed by atoms with Crippen LogP contribution >= 0.6 is 0 Å². The Hall–Kier alpha value is -2.92. The highest BCUT2D eigenvalue weighted by Crippen LogP contribution is 2.28. The number of rotatable bonds is 11. The quantitative estimate of drug-likeness (QED) is 0.309. The molecule has 1 aliphatic rings. The Morgan fingerprint density at radius 1 is 1.03 bits per heavy atom. The van der Waals surface area contributed by atoms with Crippen LogP contribution in [0.2, 0.25) is 0 Å². The zero-order valence-corrected chi connectivity index (χ0v) is 19.3. The molecule has 2 N–H and O–H groups in total. The highest BCUT2D eigenvalue weighted by atomic mass is 16.5. The summed E-state index contributed by atoms with van der Waals surface area (Å²) in [6, 6.07) is 14.6. The van der Waals surface area contributed by atoms with Crippen LogP contribution in [0.25, 0.3) is 16.3 Å². The number of ether oxygens (including phenoxy) is 2. The van der Waals surface area contributed by atoms with Crippen molar-refractivity contribution in [3.05, 3.63) is 47.5 Å². The van der Waals surface area contributed by atoms with Crippen LogP contribution in [-0.4, -0.2) is 63.7 Å². The van der Waals surface area contributed by atoms with Gasteiger partial charge in [0.25, 0.3) is 5.91 Å². The number of fused-ring (bicyclic) bond motifs is 1. The molecule has 1 aliphatic heterocycles. The zero-order valence-electron chi connectivity index (χ0n) is 19.3. The van der Waals surface area contributed by atoms with Crippen LogP contribution in [-0.2, 0) is 14.3 Å². The highest BCUT2D eigenvalue weighted by Gasteiger charge is 2.15. The van der Waals surface area contributed by atoms with Crippen molar-refractivity contribution < 1.29 is 19.4 Å². The molecule has 0 aliphatic carbocycles. The van der Waals surface area contributed by atoms with Crippen LogP contribution in [0.1, 0.15) is 31.7 Å².